The van der Waals surface area contributed by atoms with E-state index in [0.717, 1.165) is 18.0 Å². The maximum absolute atomic E-state index is 13.8. The van der Waals surface area contributed by atoms with Gasteiger partial charge in [0.15, 0.2) is 0 Å². The summed E-state index contributed by atoms with van der Waals surface area (Å²) in [6.45, 7) is 11.9. The Labute approximate surface area is 281 Å². The van der Waals surface area contributed by atoms with Gasteiger partial charge in [-0.2, -0.15) is 23.5 Å². The average Bonchev–Trinajstić information content (AvgIpc) is 3.67. The molecule has 1 atom stereocenters. The highest BCUT2D eigenvalue weighted by molar-refractivity contribution is 5.75. The highest BCUT2D eigenvalue weighted by Crippen LogP contribution is 2.38. The Morgan fingerprint density at radius 1 is 1.10 bits per heavy atom. The number of pyridine rings is 2. The van der Waals surface area contributed by atoms with Gasteiger partial charge in [0.2, 0.25) is 0 Å². The fourth-order valence-electron chi connectivity index (χ4n) is 6.18. The van der Waals surface area contributed by atoms with Crippen molar-refractivity contribution in [3.05, 3.63) is 53.1 Å². The van der Waals surface area contributed by atoms with Crippen LogP contribution in [0, 0.1) is 18.3 Å². The fraction of sp³-hybridized carbons (Fsp3) is 0.515. The van der Waals surface area contributed by atoms with Gasteiger partial charge in [0, 0.05) is 49.7 Å². The quantitative estimate of drug-likeness (QED) is 0.248. The number of nitriles is 1. The van der Waals surface area contributed by atoms with E-state index >= 15 is 0 Å². The maximum atomic E-state index is 13.8. The number of morpholine rings is 1. The molecule has 0 bridgehead atoms. The number of ether oxygens (including phenoxy) is 3. The van der Waals surface area contributed by atoms with E-state index in [-0.39, 0.29) is 29.0 Å². The molecule has 6 rings (SSSR count). The van der Waals surface area contributed by atoms with Crippen LogP contribution in [-0.4, -0.2) is 85.6 Å². The second kappa shape index (κ2) is 13.2. The Morgan fingerprint density at radius 3 is 2.47 bits per heavy atom. The normalized spacial score (nSPS) is 16.9. The van der Waals surface area contributed by atoms with E-state index in [2.05, 4.69) is 26.5 Å². The molecule has 0 aromatic carbocycles. The number of halogens is 3. The van der Waals surface area contributed by atoms with Crippen molar-refractivity contribution in [3.8, 4) is 23.1 Å². The van der Waals surface area contributed by atoms with Crippen molar-refractivity contribution in [2.24, 2.45) is 0 Å². The number of aromatic nitrogens is 6. The molecule has 0 spiro atoms. The van der Waals surface area contributed by atoms with Crippen LogP contribution in [0.25, 0.3) is 16.8 Å². The molecule has 1 unspecified atom stereocenters. The van der Waals surface area contributed by atoms with E-state index in [1.165, 1.54) is 10.7 Å². The van der Waals surface area contributed by atoms with Gasteiger partial charge in [0.05, 0.1) is 36.7 Å². The summed E-state index contributed by atoms with van der Waals surface area (Å²) in [4.78, 5) is 20.4. The molecular weight excluding hydrogens is 643 g/mol. The smallest absolute Gasteiger partial charge is 0.417 e. The summed E-state index contributed by atoms with van der Waals surface area (Å²) >= 11 is 0. The number of piperidine rings is 1. The minimum absolute atomic E-state index is 0.00122. The number of carbonyl (C=O) groups is 1. The summed E-state index contributed by atoms with van der Waals surface area (Å²) in [5.74, 6) is 0.616. The summed E-state index contributed by atoms with van der Waals surface area (Å²) < 4.78 is 62.2. The Kier molecular flexibility index (Phi) is 9.14. The van der Waals surface area contributed by atoms with Crippen molar-refractivity contribution in [2.45, 2.75) is 71.4 Å². The van der Waals surface area contributed by atoms with Crippen molar-refractivity contribution in [2.75, 3.05) is 44.3 Å². The van der Waals surface area contributed by atoms with Gasteiger partial charge in [0.25, 0.3) is 0 Å². The zero-order valence-corrected chi connectivity index (χ0v) is 28.0. The van der Waals surface area contributed by atoms with Crippen LogP contribution in [0.3, 0.4) is 0 Å². The lowest BCUT2D eigenvalue weighted by molar-refractivity contribution is -0.137. The van der Waals surface area contributed by atoms with Crippen LogP contribution in [0.4, 0.5) is 23.8 Å². The van der Waals surface area contributed by atoms with Crippen molar-refractivity contribution >= 4 is 17.4 Å². The van der Waals surface area contributed by atoms with E-state index in [9.17, 15) is 23.2 Å². The first kappa shape index (κ1) is 34.0. The number of rotatable bonds is 6. The largest absolute Gasteiger partial charge is 0.484 e. The molecule has 49 heavy (non-hydrogen) atoms. The summed E-state index contributed by atoms with van der Waals surface area (Å²) in [5, 5.41) is 23.2. The van der Waals surface area contributed by atoms with E-state index < -0.39 is 23.4 Å². The Morgan fingerprint density at radius 2 is 1.82 bits per heavy atom. The van der Waals surface area contributed by atoms with Crippen LogP contribution in [0.2, 0.25) is 0 Å². The first-order valence-corrected chi connectivity index (χ1v) is 16.1. The molecule has 2 aliphatic rings. The lowest BCUT2D eigenvalue weighted by atomic mass is 10.0. The Hall–Kier alpha value is -4.91. The minimum Gasteiger partial charge on any atom is -0.484 e. The maximum Gasteiger partial charge on any atom is 0.417 e. The number of likely N-dealkylation sites (tertiary alicyclic amines) is 1. The summed E-state index contributed by atoms with van der Waals surface area (Å²) in [6.07, 6.45) is -0.573. The molecule has 4 aromatic heterocycles. The molecule has 13 nitrogen and oxygen atoms in total. The average molecular weight is 682 g/mol. The number of hydrogen-bond donors (Lipinski definition) is 0. The molecule has 0 radical (unpaired) electrons. The zero-order chi connectivity index (χ0) is 35.1. The van der Waals surface area contributed by atoms with Crippen LogP contribution in [0.1, 0.15) is 75.1 Å². The predicted octanol–water partition coefficient (Wildman–Crippen LogP) is 5.74. The molecule has 2 fully saturated rings. The fourth-order valence-corrected chi connectivity index (χ4v) is 6.18. The molecule has 1 amide bonds. The molecule has 260 valence electrons. The Bertz CT molecular complexity index is 1880. The van der Waals surface area contributed by atoms with Gasteiger partial charge in [-0.05, 0) is 59.6 Å². The molecule has 4 aromatic rings. The van der Waals surface area contributed by atoms with Crippen molar-refractivity contribution in [3.63, 3.8) is 0 Å². The van der Waals surface area contributed by atoms with E-state index in [1.807, 2.05) is 37.3 Å². The van der Waals surface area contributed by atoms with Gasteiger partial charge in [-0.1, -0.05) is 5.21 Å². The second-order valence-electron chi connectivity index (χ2n) is 13.2. The number of amides is 1. The molecule has 16 heteroatoms. The third-order valence-electron chi connectivity index (χ3n) is 8.63. The third-order valence-corrected chi connectivity index (χ3v) is 8.63. The van der Waals surface area contributed by atoms with E-state index in [0.29, 0.717) is 74.8 Å². The van der Waals surface area contributed by atoms with E-state index in [4.69, 9.17) is 14.2 Å². The number of nitrogens with zero attached hydrogens (tertiary/aromatic N) is 9. The van der Waals surface area contributed by atoms with Crippen LogP contribution >= 0.6 is 0 Å². The molecule has 6 heterocycles. The third kappa shape index (κ3) is 7.12. The van der Waals surface area contributed by atoms with Crippen molar-refractivity contribution < 1.29 is 32.2 Å². The van der Waals surface area contributed by atoms with Gasteiger partial charge in [-0.15, -0.1) is 5.10 Å². The van der Waals surface area contributed by atoms with Crippen LogP contribution < -0.4 is 9.64 Å². The number of alkyl halides is 3. The molecular formula is C33H38F3N9O4. The topological polar surface area (TPSA) is 136 Å². The summed E-state index contributed by atoms with van der Waals surface area (Å²) in [5.41, 5.74) is 1.30. The summed E-state index contributed by atoms with van der Waals surface area (Å²) in [7, 11) is 0. The lowest BCUT2D eigenvalue weighted by Crippen LogP contribution is -2.42. The summed E-state index contributed by atoms with van der Waals surface area (Å²) in [6, 6.07) is 4.89. The van der Waals surface area contributed by atoms with Gasteiger partial charge in [-0.25, -0.2) is 19.0 Å². The first-order chi connectivity index (χ1) is 23.2. The molecule has 0 saturated carbocycles. The highest BCUT2D eigenvalue weighted by atomic mass is 19.4. The molecule has 2 saturated heterocycles. The van der Waals surface area contributed by atoms with Gasteiger partial charge in [-0.3, -0.25) is 0 Å². The number of carbonyl (C=O) groups excluding carboxylic acids is 1. The molecule has 0 aliphatic carbocycles. The van der Waals surface area contributed by atoms with Crippen LogP contribution in [-0.2, 0) is 15.7 Å². The highest BCUT2D eigenvalue weighted by Gasteiger charge is 2.34. The zero-order valence-electron chi connectivity index (χ0n) is 28.0. The second-order valence-corrected chi connectivity index (χ2v) is 13.2. The standard InChI is InChI=1S/C33H38F3N9O4/c1-20-28(40-41-45(20)25-6-8-43(9-7-25)31(46)49-32(3,4)5)22-14-27(29-23(16-37)17-39-44(29)19-22)48-21(2)26-15-24(33(34,35)36)18-38-30(26)42-10-12-47-13-11-42/h14-15,17-19,21,25H,6-13H2,1-5H3. The van der Waals surface area contributed by atoms with Crippen molar-refractivity contribution in [1.82, 2.24) is 34.5 Å². The number of hydrogen-bond acceptors (Lipinski definition) is 10. The van der Waals surface area contributed by atoms with Gasteiger partial charge < -0.3 is 24.0 Å². The van der Waals surface area contributed by atoms with Gasteiger partial charge in [0.1, 0.15) is 46.1 Å². The van der Waals surface area contributed by atoms with Gasteiger partial charge >= 0.3 is 12.3 Å². The SMILES string of the molecule is Cc1c(-c2cc(OC(C)c3cc(C(F)(F)F)cnc3N3CCOCC3)c3c(C#N)cnn3c2)nnn1C1CCN(C(=O)OC(C)(C)C)CC1. The minimum atomic E-state index is -4.60. The first-order valence-electron chi connectivity index (χ1n) is 16.1. The number of fused-ring (bicyclic) bond motifs is 1. The molecule has 2 aliphatic heterocycles. The van der Waals surface area contributed by atoms with Crippen LogP contribution in [0.5, 0.6) is 5.75 Å². The number of anilines is 1. The Balaban J connectivity index is 1.31. The molecule has 0 N–H and O–H groups in total. The monoisotopic (exact) mass is 681 g/mol. The predicted molar refractivity (Wildman–Crippen MR) is 171 cm³/mol. The van der Waals surface area contributed by atoms with Crippen molar-refractivity contribution in [1.29, 1.82) is 5.26 Å². The van der Waals surface area contributed by atoms with Crippen LogP contribution in [0.15, 0.2) is 30.7 Å². The van der Waals surface area contributed by atoms with E-state index in [1.54, 1.807) is 24.1 Å². The lowest BCUT2D eigenvalue weighted by Gasteiger charge is -2.33.